The minimum atomic E-state index is -0.998. The minimum absolute atomic E-state index is 0.0192. The van der Waals surface area contributed by atoms with Crippen LogP contribution >= 0.6 is 11.6 Å². The number of hydrogen-bond donors (Lipinski definition) is 3. The number of piperidine rings is 1. The third kappa shape index (κ3) is 3.29. The predicted molar refractivity (Wildman–Crippen MR) is 112 cm³/mol. The smallest absolute Gasteiger partial charge is 0.197 e. The van der Waals surface area contributed by atoms with Gasteiger partial charge in [0.15, 0.2) is 5.43 Å². The number of benzene rings is 2. The molecule has 148 valence electrons. The molecule has 2 aromatic carbocycles. The highest BCUT2D eigenvalue weighted by Crippen LogP contribution is 2.43. The molecule has 29 heavy (non-hydrogen) atoms. The van der Waals surface area contributed by atoms with Gasteiger partial charge in [-0.25, -0.2) is 0 Å². The Bertz CT molecular complexity index is 1150. The molecule has 1 saturated heterocycles. The first-order valence-corrected chi connectivity index (χ1v) is 9.59. The summed E-state index contributed by atoms with van der Waals surface area (Å²) in [6, 6.07) is 9.23. The van der Waals surface area contributed by atoms with Crippen molar-refractivity contribution in [1.29, 1.82) is 0 Å². The summed E-state index contributed by atoms with van der Waals surface area (Å²) in [5.41, 5.74) is 0.291. The number of fused-ring (bicyclic) bond motifs is 1. The van der Waals surface area contributed by atoms with E-state index in [2.05, 4.69) is 0 Å². The van der Waals surface area contributed by atoms with Crippen LogP contribution in [0.5, 0.6) is 11.5 Å². The van der Waals surface area contributed by atoms with Crippen molar-refractivity contribution in [3.05, 3.63) is 57.2 Å². The Morgan fingerprint density at radius 1 is 1.21 bits per heavy atom. The second kappa shape index (κ2) is 7.41. The SMILES string of the molecule is [B]C1[C@@H](O)[C@@H](c2c(O)cc(O)c3c(=O)cc(-c4ccccc4Cl)oc23)CCN1C. The van der Waals surface area contributed by atoms with Crippen LogP contribution < -0.4 is 5.43 Å². The van der Waals surface area contributed by atoms with Gasteiger partial charge < -0.3 is 24.6 Å². The van der Waals surface area contributed by atoms with Crippen molar-refractivity contribution >= 4 is 30.4 Å². The van der Waals surface area contributed by atoms with Crippen LogP contribution in [0.2, 0.25) is 5.02 Å². The van der Waals surface area contributed by atoms with Crippen LogP contribution in [0.4, 0.5) is 0 Å². The molecule has 3 atom stereocenters. The summed E-state index contributed by atoms with van der Waals surface area (Å²) in [5, 5.41) is 32.0. The highest BCUT2D eigenvalue weighted by Gasteiger charge is 2.36. The number of phenolic OH excluding ortho intramolecular Hbond substituents is 2. The molecule has 4 rings (SSSR count). The highest BCUT2D eigenvalue weighted by atomic mass is 35.5. The lowest BCUT2D eigenvalue weighted by Gasteiger charge is -2.40. The van der Waals surface area contributed by atoms with E-state index >= 15 is 0 Å². The van der Waals surface area contributed by atoms with E-state index in [1.165, 1.54) is 6.07 Å². The molecule has 0 bridgehead atoms. The van der Waals surface area contributed by atoms with Crippen molar-refractivity contribution < 1.29 is 19.7 Å². The topological polar surface area (TPSA) is 94.1 Å². The quantitative estimate of drug-likeness (QED) is 0.561. The number of halogens is 1. The predicted octanol–water partition coefficient (Wildman–Crippen LogP) is 2.80. The van der Waals surface area contributed by atoms with Crippen molar-refractivity contribution in [3.63, 3.8) is 0 Å². The summed E-state index contributed by atoms with van der Waals surface area (Å²) in [6.07, 6.45) is -0.514. The fourth-order valence-electron chi connectivity index (χ4n) is 3.95. The first-order chi connectivity index (χ1) is 13.8. The summed E-state index contributed by atoms with van der Waals surface area (Å²) in [6.45, 7) is 0.582. The molecule has 0 spiro atoms. The van der Waals surface area contributed by atoms with Crippen LogP contribution in [0.1, 0.15) is 17.9 Å². The molecule has 3 aromatic rings. The van der Waals surface area contributed by atoms with E-state index in [4.69, 9.17) is 23.9 Å². The third-order valence-electron chi connectivity index (χ3n) is 5.57. The van der Waals surface area contributed by atoms with E-state index in [0.717, 1.165) is 6.07 Å². The molecule has 8 heteroatoms. The Balaban J connectivity index is 2.00. The van der Waals surface area contributed by atoms with Gasteiger partial charge in [-0.05, 0) is 38.1 Å². The second-order valence-electron chi connectivity index (χ2n) is 7.34. The van der Waals surface area contributed by atoms with Crippen molar-refractivity contribution in [1.82, 2.24) is 4.90 Å². The summed E-state index contributed by atoms with van der Waals surface area (Å²) in [7, 11) is 7.88. The van der Waals surface area contributed by atoms with Crippen LogP contribution in [0.3, 0.4) is 0 Å². The molecule has 2 heterocycles. The van der Waals surface area contributed by atoms with Crippen LogP contribution in [-0.4, -0.2) is 53.7 Å². The van der Waals surface area contributed by atoms with E-state index in [1.807, 2.05) is 4.90 Å². The van der Waals surface area contributed by atoms with Crippen LogP contribution in [-0.2, 0) is 0 Å². The fraction of sp³-hybridized carbons (Fsp3) is 0.286. The summed E-state index contributed by atoms with van der Waals surface area (Å²) in [4.78, 5) is 14.6. The zero-order valence-electron chi connectivity index (χ0n) is 15.7. The zero-order valence-corrected chi connectivity index (χ0v) is 16.4. The molecule has 3 N–H and O–H groups in total. The second-order valence-corrected chi connectivity index (χ2v) is 7.75. The Hall–Kier alpha value is -2.48. The monoisotopic (exact) mass is 411 g/mol. The molecule has 0 saturated carbocycles. The number of likely N-dealkylation sites (N-methyl/N-ethyl adjacent to an activating group) is 1. The van der Waals surface area contributed by atoms with Crippen LogP contribution in [0.15, 0.2) is 45.6 Å². The molecule has 1 unspecified atom stereocenters. The fourth-order valence-corrected chi connectivity index (χ4v) is 4.18. The number of hydrogen-bond acceptors (Lipinski definition) is 6. The maximum Gasteiger partial charge on any atom is 0.197 e. The summed E-state index contributed by atoms with van der Waals surface area (Å²) >= 11 is 6.25. The van der Waals surface area contributed by atoms with Crippen LogP contribution in [0, 0.1) is 0 Å². The lowest BCUT2D eigenvalue weighted by atomic mass is 9.74. The molecule has 0 amide bonds. The van der Waals surface area contributed by atoms with E-state index in [1.54, 1.807) is 31.3 Å². The maximum absolute atomic E-state index is 12.8. The number of nitrogens with zero attached hydrogens (tertiary/aromatic N) is 1. The summed E-state index contributed by atoms with van der Waals surface area (Å²) in [5.74, 6) is -1.68. The van der Waals surface area contributed by atoms with Gasteiger partial charge in [-0.2, -0.15) is 0 Å². The van der Waals surface area contributed by atoms with Gasteiger partial charge in [0.05, 0.1) is 19.0 Å². The maximum atomic E-state index is 12.8. The van der Waals surface area contributed by atoms with Crippen molar-refractivity contribution in [2.24, 2.45) is 0 Å². The molecule has 1 aliphatic heterocycles. The van der Waals surface area contributed by atoms with Gasteiger partial charge in [0.2, 0.25) is 0 Å². The molecular weight excluding hydrogens is 392 g/mol. The van der Waals surface area contributed by atoms with Crippen LogP contribution in [0.25, 0.3) is 22.3 Å². The number of phenols is 2. The highest BCUT2D eigenvalue weighted by molar-refractivity contribution is 6.33. The lowest BCUT2D eigenvalue weighted by molar-refractivity contribution is 0.0432. The van der Waals surface area contributed by atoms with Gasteiger partial charge in [-0.1, -0.05) is 23.7 Å². The zero-order chi connectivity index (χ0) is 20.9. The normalized spacial score (nSPS) is 22.8. The van der Waals surface area contributed by atoms with E-state index < -0.39 is 29.1 Å². The molecule has 1 fully saturated rings. The Kier molecular flexibility index (Phi) is 5.06. The van der Waals surface area contributed by atoms with E-state index in [9.17, 15) is 20.1 Å². The van der Waals surface area contributed by atoms with Crippen molar-refractivity contribution in [2.75, 3.05) is 13.6 Å². The van der Waals surface area contributed by atoms with Crippen molar-refractivity contribution in [3.8, 4) is 22.8 Å². The average Bonchev–Trinajstić information content (AvgIpc) is 2.67. The van der Waals surface area contributed by atoms with Gasteiger partial charge in [-0.15, -0.1) is 0 Å². The molecule has 2 radical (unpaired) electrons. The minimum Gasteiger partial charge on any atom is -0.507 e. The van der Waals surface area contributed by atoms with E-state index in [-0.39, 0.29) is 28.0 Å². The number of aliphatic hydroxyl groups excluding tert-OH is 1. The van der Waals surface area contributed by atoms with Gasteiger partial charge in [0.25, 0.3) is 0 Å². The third-order valence-corrected chi connectivity index (χ3v) is 5.90. The number of aromatic hydroxyl groups is 2. The van der Waals surface area contributed by atoms with Gasteiger partial charge in [-0.3, -0.25) is 4.79 Å². The molecular formula is C21H19BClNO5. The first-order valence-electron chi connectivity index (χ1n) is 9.21. The Morgan fingerprint density at radius 2 is 1.93 bits per heavy atom. The van der Waals surface area contributed by atoms with Gasteiger partial charge in [0.1, 0.15) is 28.2 Å². The first kappa shape index (κ1) is 19.8. The molecule has 6 nitrogen and oxygen atoms in total. The number of aliphatic hydroxyl groups is 1. The van der Waals surface area contributed by atoms with Gasteiger partial charge in [0, 0.05) is 29.2 Å². The lowest BCUT2D eigenvalue weighted by Crippen LogP contribution is -2.50. The average molecular weight is 412 g/mol. The van der Waals surface area contributed by atoms with Crippen molar-refractivity contribution in [2.45, 2.75) is 24.4 Å². The molecule has 1 aromatic heterocycles. The Morgan fingerprint density at radius 3 is 2.66 bits per heavy atom. The standard InChI is InChI=1S/C21H19BClNO5/c1-24-7-6-11(19(28)21(24)22)17-13(25)8-14(26)18-15(27)9-16(29-20(17)18)10-4-2-3-5-12(10)23/h2-5,8-9,11,19,21,25-26,28H,6-7H2,1H3/t11-,19+,21?/m1/s1. The number of rotatable bonds is 2. The Labute approximate surface area is 173 Å². The largest absolute Gasteiger partial charge is 0.507 e. The summed E-state index contributed by atoms with van der Waals surface area (Å²) < 4.78 is 6.00. The molecule has 0 aliphatic carbocycles. The van der Waals surface area contributed by atoms with Gasteiger partial charge >= 0.3 is 0 Å². The molecule has 1 aliphatic rings. The number of likely N-dealkylation sites (tertiary alicyclic amines) is 1. The van der Waals surface area contributed by atoms with E-state index in [0.29, 0.717) is 23.6 Å².